The number of halogens is 3. The third-order valence-electron chi connectivity index (χ3n) is 3.14. The first-order valence-electron chi connectivity index (χ1n) is 5.82. The SMILES string of the molecule is CNC(c1cc(C)c(Cl)cc1C)c1cc(Cl)sc1Cl. The van der Waals surface area contributed by atoms with Gasteiger partial charge in [-0.2, -0.15) is 0 Å². The number of rotatable bonds is 3. The Kier molecular flexibility index (Phi) is 4.80. The number of hydrogen-bond acceptors (Lipinski definition) is 2. The second-order valence-corrected chi connectivity index (χ2v) is 7.15. The van der Waals surface area contributed by atoms with Gasteiger partial charge < -0.3 is 5.32 Å². The van der Waals surface area contributed by atoms with E-state index in [0.717, 1.165) is 26.0 Å². The van der Waals surface area contributed by atoms with Crippen LogP contribution in [-0.4, -0.2) is 7.05 Å². The summed E-state index contributed by atoms with van der Waals surface area (Å²) in [6.45, 7) is 4.05. The largest absolute Gasteiger partial charge is 0.309 e. The zero-order valence-electron chi connectivity index (χ0n) is 10.9. The van der Waals surface area contributed by atoms with Crippen LogP contribution in [0.4, 0.5) is 0 Å². The number of hydrogen-bond donors (Lipinski definition) is 1. The van der Waals surface area contributed by atoms with E-state index in [1.807, 2.05) is 33.0 Å². The van der Waals surface area contributed by atoms with Crippen LogP contribution >= 0.6 is 46.1 Å². The van der Waals surface area contributed by atoms with Crippen molar-refractivity contribution < 1.29 is 0 Å². The molecule has 5 heteroatoms. The predicted octanol–water partition coefficient (Wildman–Crippen LogP) is 5.63. The van der Waals surface area contributed by atoms with Gasteiger partial charge in [0.1, 0.15) is 0 Å². The van der Waals surface area contributed by atoms with Gasteiger partial charge in [0, 0.05) is 10.6 Å². The van der Waals surface area contributed by atoms with E-state index in [0.29, 0.717) is 4.34 Å². The molecule has 102 valence electrons. The normalized spacial score (nSPS) is 12.7. The van der Waals surface area contributed by atoms with Crippen LogP contribution in [0.25, 0.3) is 0 Å². The lowest BCUT2D eigenvalue weighted by Gasteiger charge is -2.20. The van der Waals surface area contributed by atoms with E-state index >= 15 is 0 Å². The van der Waals surface area contributed by atoms with Crippen molar-refractivity contribution in [2.75, 3.05) is 7.05 Å². The van der Waals surface area contributed by atoms with E-state index in [2.05, 4.69) is 11.4 Å². The average molecular weight is 335 g/mol. The molecule has 0 spiro atoms. The molecule has 2 rings (SSSR count). The van der Waals surface area contributed by atoms with Crippen molar-refractivity contribution in [1.82, 2.24) is 5.32 Å². The van der Waals surface area contributed by atoms with Gasteiger partial charge in [-0.15, -0.1) is 11.3 Å². The summed E-state index contributed by atoms with van der Waals surface area (Å²) in [7, 11) is 1.91. The maximum atomic E-state index is 6.26. The molecule has 1 aromatic heterocycles. The summed E-state index contributed by atoms with van der Waals surface area (Å²) in [4.78, 5) is 0. The fourth-order valence-electron chi connectivity index (χ4n) is 2.14. The van der Waals surface area contributed by atoms with E-state index in [4.69, 9.17) is 34.8 Å². The van der Waals surface area contributed by atoms with Gasteiger partial charge in [0.15, 0.2) is 0 Å². The summed E-state index contributed by atoms with van der Waals surface area (Å²) in [5.74, 6) is 0. The summed E-state index contributed by atoms with van der Waals surface area (Å²) >= 11 is 19.8. The molecule has 1 N–H and O–H groups in total. The quantitative estimate of drug-likeness (QED) is 0.766. The maximum Gasteiger partial charge on any atom is 0.0995 e. The van der Waals surface area contributed by atoms with Crippen molar-refractivity contribution in [1.29, 1.82) is 0 Å². The molecule has 2 aromatic rings. The number of thiophene rings is 1. The standard InChI is InChI=1S/C14H14Cl3NS/c1-7-5-11(15)8(2)4-9(7)13(18-3)10-6-12(16)19-14(10)17/h4-6,13,18H,1-3H3. The molecule has 19 heavy (non-hydrogen) atoms. The van der Waals surface area contributed by atoms with Crippen LogP contribution in [0.2, 0.25) is 13.7 Å². The third kappa shape index (κ3) is 3.09. The van der Waals surface area contributed by atoms with Gasteiger partial charge in [-0.1, -0.05) is 40.9 Å². The Morgan fingerprint density at radius 2 is 1.68 bits per heavy atom. The molecule has 0 saturated heterocycles. The molecule has 1 nitrogen and oxygen atoms in total. The molecule has 0 amide bonds. The van der Waals surface area contributed by atoms with E-state index in [1.165, 1.54) is 16.9 Å². The van der Waals surface area contributed by atoms with Crippen LogP contribution in [0.3, 0.4) is 0 Å². The van der Waals surface area contributed by atoms with Crippen LogP contribution in [-0.2, 0) is 0 Å². The van der Waals surface area contributed by atoms with Gasteiger partial charge in [-0.05, 0) is 49.7 Å². The highest BCUT2D eigenvalue weighted by Gasteiger charge is 2.20. The lowest BCUT2D eigenvalue weighted by molar-refractivity contribution is 0.689. The molecule has 0 bridgehead atoms. The Hall–Kier alpha value is -0.250. The molecule has 0 aliphatic rings. The second-order valence-electron chi connectivity index (χ2n) is 4.46. The fourth-order valence-corrected chi connectivity index (χ4v) is 3.89. The highest BCUT2D eigenvalue weighted by atomic mass is 35.5. The summed E-state index contributed by atoms with van der Waals surface area (Å²) in [6.07, 6.45) is 0. The molecule has 0 fully saturated rings. The minimum Gasteiger partial charge on any atom is -0.309 e. The minimum absolute atomic E-state index is 0.0206. The summed E-state index contributed by atoms with van der Waals surface area (Å²) in [5, 5.41) is 4.08. The highest BCUT2D eigenvalue weighted by molar-refractivity contribution is 7.20. The summed E-state index contributed by atoms with van der Waals surface area (Å²) in [6, 6.07) is 6.02. The number of benzene rings is 1. The van der Waals surface area contributed by atoms with E-state index in [9.17, 15) is 0 Å². The Morgan fingerprint density at radius 3 is 2.21 bits per heavy atom. The number of nitrogens with one attached hydrogen (secondary N) is 1. The molecule has 1 unspecified atom stereocenters. The van der Waals surface area contributed by atoms with E-state index in [1.54, 1.807) is 0 Å². The molecule has 1 aromatic carbocycles. The predicted molar refractivity (Wildman–Crippen MR) is 86.2 cm³/mol. The molecule has 1 heterocycles. The van der Waals surface area contributed by atoms with Gasteiger partial charge in [0.2, 0.25) is 0 Å². The first-order chi connectivity index (χ1) is 8.93. The zero-order chi connectivity index (χ0) is 14.2. The molecule has 0 saturated carbocycles. The second kappa shape index (κ2) is 6.02. The first-order valence-corrected chi connectivity index (χ1v) is 7.77. The third-order valence-corrected chi connectivity index (χ3v) is 5.07. The van der Waals surface area contributed by atoms with Crippen LogP contribution in [0, 0.1) is 13.8 Å². The smallest absolute Gasteiger partial charge is 0.0995 e. The Bertz CT molecular complexity index is 607. The van der Waals surface area contributed by atoms with Gasteiger partial charge in [0.05, 0.1) is 14.7 Å². The molecular formula is C14H14Cl3NS. The average Bonchev–Trinajstić information content (AvgIpc) is 2.66. The molecule has 1 atom stereocenters. The zero-order valence-corrected chi connectivity index (χ0v) is 13.9. The molecule has 0 aliphatic carbocycles. The molecule has 0 radical (unpaired) electrons. The van der Waals surface area contributed by atoms with Crippen LogP contribution in [0.5, 0.6) is 0 Å². The number of aryl methyl sites for hydroxylation is 2. The summed E-state index contributed by atoms with van der Waals surface area (Å²) < 4.78 is 1.42. The van der Waals surface area contributed by atoms with Crippen molar-refractivity contribution >= 4 is 46.1 Å². The lowest BCUT2D eigenvalue weighted by atomic mass is 9.95. The van der Waals surface area contributed by atoms with Crippen LogP contribution < -0.4 is 5.32 Å². The van der Waals surface area contributed by atoms with E-state index in [-0.39, 0.29) is 6.04 Å². The van der Waals surface area contributed by atoms with Crippen molar-refractivity contribution in [3.63, 3.8) is 0 Å². The first kappa shape index (κ1) is 15.1. The topological polar surface area (TPSA) is 12.0 Å². The monoisotopic (exact) mass is 333 g/mol. The Balaban J connectivity index is 2.54. The van der Waals surface area contributed by atoms with Gasteiger partial charge in [-0.3, -0.25) is 0 Å². The summed E-state index contributed by atoms with van der Waals surface area (Å²) in [5.41, 5.74) is 4.36. The van der Waals surface area contributed by atoms with Gasteiger partial charge >= 0.3 is 0 Å². The minimum atomic E-state index is 0.0206. The van der Waals surface area contributed by atoms with Crippen LogP contribution in [0.1, 0.15) is 28.3 Å². The molecular weight excluding hydrogens is 321 g/mol. The van der Waals surface area contributed by atoms with Crippen molar-refractivity contribution in [2.24, 2.45) is 0 Å². The lowest BCUT2D eigenvalue weighted by Crippen LogP contribution is -2.18. The van der Waals surface area contributed by atoms with Crippen molar-refractivity contribution in [2.45, 2.75) is 19.9 Å². The van der Waals surface area contributed by atoms with Gasteiger partial charge in [-0.25, -0.2) is 0 Å². The van der Waals surface area contributed by atoms with Crippen molar-refractivity contribution in [3.8, 4) is 0 Å². The maximum absolute atomic E-state index is 6.26. The Morgan fingerprint density at radius 1 is 1.00 bits per heavy atom. The Labute approximate surface area is 132 Å². The molecule has 0 aliphatic heterocycles. The van der Waals surface area contributed by atoms with E-state index < -0.39 is 0 Å². The van der Waals surface area contributed by atoms with Crippen LogP contribution in [0.15, 0.2) is 18.2 Å². The van der Waals surface area contributed by atoms with Gasteiger partial charge in [0.25, 0.3) is 0 Å². The highest BCUT2D eigenvalue weighted by Crippen LogP contribution is 2.38. The fraction of sp³-hybridized carbons (Fsp3) is 0.286. The van der Waals surface area contributed by atoms with Crippen molar-refractivity contribution in [3.05, 3.63) is 54.1 Å².